The van der Waals surface area contributed by atoms with Crippen molar-refractivity contribution in [2.24, 2.45) is 0 Å². The third kappa shape index (κ3) is 8.34. The predicted octanol–water partition coefficient (Wildman–Crippen LogP) is 2.63. The number of hydrogen-bond donors (Lipinski definition) is 5. The van der Waals surface area contributed by atoms with Gasteiger partial charge in [-0.1, -0.05) is 42.5 Å². The van der Waals surface area contributed by atoms with Gasteiger partial charge in [0.25, 0.3) is 0 Å². The van der Waals surface area contributed by atoms with Crippen molar-refractivity contribution in [3.63, 3.8) is 0 Å². The van der Waals surface area contributed by atoms with E-state index >= 15 is 0 Å². The van der Waals surface area contributed by atoms with Gasteiger partial charge in [-0.05, 0) is 54.8 Å². The van der Waals surface area contributed by atoms with Crippen molar-refractivity contribution >= 4 is 23.8 Å². The van der Waals surface area contributed by atoms with Crippen LogP contribution < -0.4 is 4.74 Å². The van der Waals surface area contributed by atoms with Gasteiger partial charge in [0.15, 0.2) is 23.4 Å². The van der Waals surface area contributed by atoms with Crippen LogP contribution in [0.25, 0.3) is 6.08 Å². The van der Waals surface area contributed by atoms with E-state index in [1.165, 1.54) is 13.0 Å². The smallest absolute Gasteiger partial charge is 0.338 e. The summed E-state index contributed by atoms with van der Waals surface area (Å²) in [6.45, 7) is 0.887. The van der Waals surface area contributed by atoms with Crippen molar-refractivity contribution in [1.82, 2.24) is 0 Å². The first-order chi connectivity index (χ1) is 21.0. The second kappa shape index (κ2) is 14.5. The molecule has 232 valence electrons. The highest BCUT2D eigenvalue weighted by molar-refractivity contribution is 5.91. The van der Waals surface area contributed by atoms with Crippen LogP contribution in [-0.4, -0.2) is 80.6 Å². The van der Waals surface area contributed by atoms with Crippen molar-refractivity contribution in [3.8, 4) is 23.0 Å². The molecule has 12 nitrogen and oxygen atoms in total. The fraction of sp³-hybridized carbons (Fsp3) is 0.281. The molecule has 1 fully saturated rings. The Bertz CT molecular complexity index is 1460. The van der Waals surface area contributed by atoms with E-state index in [0.717, 1.165) is 29.3 Å². The summed E-state index contributed by atoms with van der Waals surface area (Å²) in [6.07, 6.45) is -4.21. The zero-order valence-corrected chi connectivity index (χ0v) is 23.6. The van der Waals surface area contributed by atoms with Gasteiger partial charge in [0, 0.05) is 12.5 Å². The monoisotopic (exact) mass is 608 g/mol. The number of benzene rings is 3. The SMILES string of the molecule is CC(=O)CCc1ccc(OC2OC(COC(=O)c3cc(O)c(O)c(O)c3)C(O)C(O)C2OC(=O)C=Cc2ccccc2)cc1. The Hall–Kier alpha value is -4.91. The van der Waals surface area contributed by atoms with Crippen molar-refractivity contribution in [3.05, 3.63) is 89.5 Å². The van der Waals surface area contributed by atoms with Gasteiger partial charge >= 0.3 is 11.9 Å². The molecule has 1 aliphatic heterocycles. The van der Waals surface area contributed by atoms with E-state index in [4.69, 9.17) is 18.9 Å². The van der Waals surface area contributed by atoms with Gasteiger partial charge in [0.2, 0.25) is 6.29 Å². The molecule has 0 aromatic heterocycles. The minimum Gasteiger partial charge on any atom is -0.504 e. The Morgan fingerprint density at radius 1 is 0.909 bits per heavy atom. The fourth-order valence-corrected chi connectivity index (χ4v) is 4.32. The molecular formula is C32H32O12. The van der Waals surface area contributed by atoms with E-state index in [1.54, 1.807) is 48.5 Å². The lowest BCUT2D eigenvalue weighted by Crippen LogP contribution is -2.61. The molecular weight excluding hydrogens is 576 g/mol. The second-order valence-corrected chi connectivity index (χ2v) is 10.1. The second-order valence-electron chi connectivity index (χ2n) is 10.1. The summed E-state index contributed by atoms with van der Waals surface area (Å²) in [5.74, 6) is -3.91. The topological polar surface area (TPSA) is 189 Å². The van der Waals surface area contributed by atoms with Gasteiger partial charge < -0.3 is 49.3 Å². The fourth-order valence-electron chi connectivity index (χ4n) is 4.32. The Kier molecular flexibility index (Phi) is 10.6. The van der Waals surface area contributed by atoms with Gasteiger partial charge in [0.05, 0.1) is 5.56 Å². The normalized spacial score (nSPS) is 21.5. The van der Waals surface area contributed by atoms with Crippen molar-refractivity contribution in [1.29, 1.82) is 0 Å². The highest BCUT2D eigenvalue weighted by atomic mass is 16.7. The Morgan fingerprint density at radius 3 is 2.20 bits per heavy atom. The summed E-state index contributed by atoms with van der Waals surface area (Å²) in [7, 11) is 0. The van der Waals surface area contributed by atoms with Crippen LogP contribution in [0.2, 0.25) is 0 Å². The molecule has 5 unspecified atom stereocenters. The molecule has 0 amide bonds. The number of aliphatic hydroxyl groups is 2. The molecule has 0 saturated carbocycles. The first-order valence-corrected chi connectivity index (χ1v) is 13.6. The third-order valence-electron chi connectivity index (χ3n) is 6.73. The Balaban J connectivity index is 1.49. The number of phenols is 3. The van der Waals surface area contributed by atoms with Crippen LogP contribution in [-0.2, 0) is 30.2 Å². The van der Waals surface area contributed by atoms with E-state index in [0.29, 0.717) is 12.8 Å². The number of aliphatic hydroxyl groups excluding tert-OH is 2. The Labute approximate surface area is 252 Å². The zero-order chi connectivity index (χ0) is 31.8. The number of Topliss-reactive ketones (excluding diaryl/α,β-unsaturated/α-hetero) is 1. The van der Waals surface area contributed by atoms with Crippen LogP contribution in [0.3, 0.4) is 0 Å². The van der Waals surface area contributed by atoms with E-state index in [2.05, 4.69) is 0 Å². The first-order valence-electron chi connectivity index (χ1n) is 13.6. The number of ketones is 1. The average Bonchev–Trinajstić information content (AvgIpc) is 3.01. The lowest BCUT2D eigenvalue weighted by molar-refractivity contribution is -0.281. The van der Waals surface area contributed by atoms with E-state index in [-0.39, 0.29) is 17.1 Å². The molecule has 5 atom stereocenters. The number of aromatic hydroxyl groups is 3. The van der Waals surface area contributed by atoms with E-state index in [1.807, 2.05) is 6.07 Å². The lowest BCUT2D eigenvalue weighted by atomic mass is 9.99. The molecule has 44 heavy (non-hydrogen) atoms. The van der Waals surface area contributed by atoms with Crippen LogP contribution in [0, 0.1) is 0 Å². The summed E-state index contributed by atoms with van der Waals surface area (Å²) >= 11 is 0. The van der Waals surface area contributed by atoms with Crippen LogP contribution >= 0.6 is 0 Å². The molecule has 3 aromatic rings. The maximum absolute atomic E-state index is 12.7. The number of aryl methyl sites for hydroxylation is 1. The van der Waals surface area contributed by atoms with Gasteiger partial charge in [-0.25, -0.2) is 9.59 Å². The summed E-state index contributed by atoms with van der Waals surface area (Å²) < 4.78 is 22.3. The summed E-state index contributed by atoms with van der Waals surface area (Å²) in [6, 6.07) is 17.3. The molecule has 5 N–H and O–H groups in total. The number of ether oxygens (including phenoxy) is 4. The highest BCUT2D eigenvalue weighted by Gasteiger charge is 2.48. The molecule has 0 spiro atoms. The lowest BCUT2D eigenvalue weighted by Gasteiger charge is -2.41. The molecule has 1 heterocycles. The maximum atomic E-state index is 12.7. The molecule has 3 aromatic carbocycles. The number of phenolic OH excluding ortho intramolecular Hbond substituents is 3. The van der Waals surface area contributed by atoms with Gasteiger partial charge in [-0.15, -0.1) is 0 Å². The van der Waals surface area contributed by atoms with Crippen LogP contribution in [0.5, 0.6) is 23.0 Å². The summed E-state index contributed by atoms with van der Waals surface area (Å²) in [5.41, 5.74) is 1.29. The van der Waals surface area contributed by atoms with Crippen molar-refractivity contribution in [2.75, 3.05) is 6.61 Å². The minimum atomic E-state index is -1.73. The van der Waals surface area contributed by atoms with Gasteiger partial charge in [-0.2, -0.15) is 0 Å². The number of rotatable bonds is 11. The molecule has 0 aliphatic carbocycles. The molecule has 4 rings (SSSR count). The molecule has 1 aliphatic rings. The number of carbonyl (C=O) groups excluding carboxylic acids is 3. The molecule has 12 heteroatoms. The van der Waals surface area contributed by atoms with Crippen LogP contribution in [0.15, 0.2) is 72.8 Å². The number of hydrogen-bond acceptors (Lipinski definition) is 12. The minimum absolute atomic E-state index is 0.0465. The Morgan fingerprint density at radius 2 is 1.57 bits per heavy atom. The molecule has 0 radical (unpaired) electrons. The summed E-state index contributed by atoms with van der Waals surface area (Å²) in [4.78, 5) is 36.5. The van der Waals surface area contributed by atoms with Crippen molar-refractivity contribution < 1.29 is 58.9 Å². The van der Waals surface area contributed by atoms with Gasteiger partial charge in [-0.3, -0.25) is 0 Å². The van der Waals surface area contributed by atoms with Gasteiger partial charge in [0.1, 0.15) is 36.5 Å². The quantitative estimate of drug-likeness (QED) is 0.122. The van der Waals surface area contributed by atoms with E-state index in [9.17, 15) is 39.9 Å². The maximum Gasteiger partial charge on any atom is 0.338 e. The van der Waals surface area contributed by atoms with Crippen molar-refractivity contribution in [2.45, 2.75) is 50.5 Å². The van der Waals surface area contributed by atoms with E-state index < -0.39 is 66.5 Å². The molecule has 1 saturated heterocycles. The van der Waals surface area contributed by atoms with Crippen LogP contribution in [0.4, 0.5) is 0 Å². The van der Waals surface area contributed by atoms with Crippen LogP contribution in [0.1, 0.15) is 34.8 Å². The molecule has 0 bridgehead atoms. The largest absolute Gasteiger partial charge is 0.504 e. The standard InChI is InChI=1S/C32H32O12/c1-18(33)7-8-20-9-12-22(13-10-20)42-32-30(44-26(36)14-11-19-5-3-2-4-6-19)29(39)28(38)25(43-32)17-41-31(40)21-15-23(34)27(37)24(35)16-21/h2-6,9-16,25,28-30,32,34-35,37-39H,7-8,17H2,1H3. The third-order valence-corrected chi connectivity index (χ3v) is 6.73. The average molecular weight is 609 g/mol. The zero-order valence-electron chi connectivity index (χ0n) is 23.6. The number of carbonyl (C=O) groups is 3. The number of esters is 2. The first kappa shape index (κ1) is 32.0. The predicted molar refractivity (Wildman–Crippen MR) is 154 cm³/mol. The highest BCUT2D eigenvalue weighted by Crippen LogP contribution is 2.35. The summed E-state index contributed by atoms with van der Waals surface area (Å²) in [5, 5.41) is 50.6.